The first-order valence-corrected chi connectivity index (χ1v) is 5.45. The van der Waals surface area contributed by atoms with Gasteiger partial charge >= 0.3 is 19.5 Å². The molecule has 2 unspecified atom stereocenters. The quantitative estimate of drug-likeness (QED) is 0.386. The van der Waals surface area contributed by atoms with Gasteiger partial charge in [-0.3, -0.25) is 0 Å². The molecule has 0 aromatic heterocycles. The van der Waals surface area contributed by atoms with Gasteiger partial charge in [-0.25, -0.2) is 0 Å². The minimum Gasteiger partial charge on any atom is -0.802 e. The Morgan fingerprint density at radius 1 is 1.00 bits per heavy atom. The van der Waals surface area contributed by atoms with Gasteiger partial charge in [-0.1, -0.05) is 0 Å². The van der Waals surface area contributed by atoms with Crippen molar-refractivity contribution in [2.75, 3.05) is 13.3 Å². The molecule has 0 heterocycles. The molecule has 0 aliphatic heterocycles. The zero-order valence-electron chi connectivity index (χ0n) is 5.34. The third kappa shape index (κ3) is 439. The van der Waals surface area contributed by atoms with Crippen LogP contribution >= 0.6 is 16.1 Å². The summed E-state index contributed by atoms with van der Waals surface area (Å²) < 4.78 is 18.1. The predicted octanol–water partition coefficient (Wildman–Crippen LogP) is -1.10. The first-order chi connectivity index (χ1) is 3.46. The molecule has 0 rings (SSSR count). The summed E-state index contributed by atoms with van der Waals surface area (Å²) in [4.78, 5) is 18.1. The molecule has 0 aromatic carbocycles. The fourth-order valence-electron chi connectivity index (χ4n) is 0. The van der Waals surface area contributed by atoms with Gasteiger partial charge in [0.1, 0.15) is 0 Å². The monoisotopic (exact) mass is 222 g/mol. The van der Waals surface area contributed by atoms with Crippen LogP contribution in [-0.2, 0) is 28.6 Å². The van der Waals surface area contributed by atoms with Crippen LogP contribution in [0.5, 0.6) is 0 Å². The maximum absolute atomic E-state index is 9.07. The van der Waals surface area contributed by atoms with Gasteiger partial charge in [-0.15, -0.1) is 0 Å². The second-order valence-corrected chi connectivity index (χ2v) is 2.95. The van der Waals surface area contributed by atoms with E-state index in [1.165, 1.54) is 0 Å². The Morgan fingerprint density at radius 2 is 1.00 bits per heavy atom. The van der Waals surface area contributed by atoms with E-state index in [4.69, 9.17) is 18.9 Å². The summed E-state index contributed by atoms with van der Waals surface area (Å²) in [6, 6.07) is 0. The zero-order chi connectivity index (χ0) is 7.15. The average Bonchev–Trinajstić information content (AvgIpc) is 1.25. The van der Waals surface area contributed by atoms with Crippen LogP contribution in [0, 0.1) is 0 Å². The summed E-state index contributed by atoms with van der Waals surface area (Å²) in [6.07, 6.45) is 0. The predicted molar refractivity (Wildman–Crippen MR) is 29.9 cm³/mol. The van der Waals surface area contributed by atoms with Crippen LogP contribution in [0.15, 0.2) is 0 Å². The van der Waals surface area contributed by atoms with E-state index in [2.05, 4.69) is 0 Å². The summed E-state index contributed by atoms with van der Waals surface area (Å²) in [5.74, 6) is 0. The van der Waals surface area contributed by atoms with Crippen LogP contribution in [0.2, 0.25) is 0 Å². The summed E-state index contributed by atoms with van der Waals surface area (Å²) in [5.41, 5.74) is 0. The third-order valence-electron chi connectivity index (χ3n) is 0. The first-order valence-electron chi connectivity index (χ1n) is 1.82. The van der Waals surface area contributed by atoms with Gasteiger partial charge in [0.05, 0.1) is 0 Å². The molecule has 4 nitrogen and oxygen atoms in total. The number of rotatable bonds is 0. The minimum absolute atomic E-state index is 0. The largest absolute Gasteiger partial charge is 2.00 e. The van der Waals surface area contributed by atoms with Crippen molar-refractivity contribution in [2.45, 2.75) is 0 Å². The molecule has 52 valence electrons. The van der Waals surface area contributed by atoms with E-state index >= 15 is 0 Å². The van der Waals surface area contributed by atoms with Crippen molar-refractivity contribution in [3.63, 3.8) is 0 Å². The van der Waals surface area contributed by atoms with Crippen molar-refractivity contribution in [2.24, 2.45) is 0 Å². The van der Waals surface area contributed by atoms with Gasteiger partial charge in [0.25, 0.3) is 0 Å². The standard InChI is InChI=1S/2CH5O2P.Zn/c2*1-4(2)3;/h2*4H,1H3,(H,2,3);/q;;+2/p-2. The van der Waals surface area contributed by atoms with Crippen molar-refractivity contribution in [3.05, 3.63) is 0 Å². The van der Waals surface area contributed by atoms with Crippen molar-refractivity contribution in [3.8, 4) is 0 Å². The van der Waals surface area contributed by atoms with E-state index in [0.717, 1.165) is 13.3 Å². The fraction of sp³-hybridized carbons (Fsp3) is 1.00. The van der Waals surface area contributed by atoms with Crippen LogP contribution in [-0.4, -0.2) is 13.3 Å². The molecule has 0 aromatic rings. The molecule has 0 bridgehead atoms. The van der Waals surface area contributed by atoms with Crippen molar-refractivity contribution in [1.82, 2.24) is 0 Å². The van der Waals surface area contributed by atoms with E-state index in [1.807, 2.05) is 0 Å². The van der Waals surface area contributed by atoms with Crippen molar-refractivity contribution >= 4 is 16.1 Å². The second-order valence-electron chi connectivity index (χ2n) is 0.983. The molecular formula is C2H8O4P2Zn. The van der Waals surface area contributed by atoms with E-state index in [0.29, 0.717) is 0 Å². The second kappa shape index (κ2) is 11.8. The summed E-state index contributed by atoms with van der Waals surface area (Å²) >= 11 is 0. The topological polar surface area (TPSA) is 80.3 Å². The molecule has 0 aliphatic rings. The maximum Gasteiger partial charge on any atom is 2.00 e. The van der Waals surface area contributed by atoms with E-state index in [9.17, 15) is 0 Å². The fourth-order valence-corrected chi connectivity index (χ4v) is 0. The molecule has 0 amide bonds. The molecule has 0 spiro atoms. The Bertz CT molecular complexity index is 74.6. The van der Waals surface area contributed by atoms with Crippen LogP contribution in [0.3, 0.4) is 0 Å². The molecule has 0 N–H and O–H groups in total. The van der Waals surface area contributed by atoms with Gasteiger partial charge in [0.15, 0.2) is 0 Å². The first kappa shape index (κ1) is 16.5. The summed E-state index contributed by atoms with van der Waals surface area (Å²) in [7, 11) is -4.76. The van der Waals surface area contributed by atoms with Crippen LogP contribution in [0.25, 0.3) is 0 Å². The molecule has 0 fully saturated rings. The van der Waals surface area contributed by atoms with Gasteiger partial charge < -0.3 is 18.9 Å². The van der Waals surface area contributed by atoms with Gasteiger partial charge in [-0.05, 0) is 29.4 Å². The molecular weight excluding hydrogens is 215 g/mol. The van der Waals surface area contributed by atoms with Crippen LogP contribution in [0.4, 0.5) is 0 Å². The van der Waals surface area contributed by atoms with E-state index < -0.39 is 16.1 Å². The molecule has 0 saturated heterocycles. The Balaban J connectivity index is -0.0000000720. The Hall–Kier alpha value is 1.00. The normalized spacial score (nSPS) is 13.8. The van der Waals surface area contributed by atoms with E-state index in [1.54, 1.807) is 0 Å². The van der Waals surface area contributed by atoms with Gasteiger partial charge in [0, 0.05) is 0 Å². The number of hydrogen-bond donors (Lipinski definition) is 0. The van der Waals surface area contributed by atoms with Gasteiger partial charge in [-0.2, -0.15) is 0 Å². The minimum atomic E-state index is -2.38. The SMILES string of the molecule is C[PH](=O)[O-].C[PH](=O)[O-].[Zn+2]. The van der Waals surface area contributed by atoms with E-state index in [-0.39, 0.29) is 19.5 Å². The maximum atomic E-state index is 9.07. The Morgan fingerprint density at radius 3 is 1.00 bits per heavy atom. The molecule has 0 saturated carbocycles. The summed E-state index contributed by atoms with van der Waals surface area (Å²) in [6.45, 7) is 2.31. The van der Waals surface area contributed by atoms with Crippen LogP contribution in [0.1, 0.15) is 0 Å². The molecule has 0 radical (unpaired) electrons. The Kier molecular flexibility index (Phi) is 21.6. The Labute approximate surface area is 68.2 Å². The summed E-state index contributed by atoms with van der Waals surface area (Å²) in [5, 5.41) is 0. The zero-order valence-corrected chi connectivity index (χ0v) is 10.3. The molecule has 0 aliphatic carbocycles. The third-order valence-corrected chi connectivity index (χ3v) is 0. The smallest absolute Gasteiger partial charge is 0.802 e. The molecule has 9 heavy (non-hydrogen) atoms. The average molecular weight is 223 g/mol. The van der Waals surface area contributed by atoms with Crippen LogP contribution < -0.4 is 9.79 Å². The van der Waals surface area contributed by atoms with Crippen molar-refractivity contribution < 1.29 is 38.4 Å². The molecule has 2 atom stereocenters. The number of hydrogen-bond acceptors (Lipinski definition) is 4. The molecule has 7 heteroatoms. The van der Waals surface area contributed by atoms with Crippen molar-refractivity contribution in [1.29, 1.82) is 0 Å². The van der Waals surface area contributed by atoms with Gasteiger partial charge in [0.2, 0.25) is 0 Å².